The fourth-order valence-electron chi connectivity index (χ4n) is 2.84. The molecule has 3 aromatic rings. The Balaban J connectivity index is 1.93. The molecule has 0 aliphatic rings. The van der Waals surface area contributed by atoms with Gasteiger partial charge in [0.05, 0.1) is 12.2 Å². The summed E-state index contributed by atoms with van der Waals surface area (Å²) in [5.41, 5.74) is 3.16. The number of pyridine rings is 1. The second-order valence-electron chi connectivity index (χ2n) is 6.18. The number of halogens is 2. The third kappa shape index (κ3) is 3.38. The van der Waals surface area contributed by atoms with Gasteiger partial charge in [0, 0.05) is 41.7 Å². The molecule has 0 saturated heterocycles. The monoisotopic (exact) mass is 343 g/mol. The van der Waals surface area contributed by atoms with Gasteiger partial charge >= 0.3 is 0 Å². The van der Waals surface area contributed by atoms with E-state index in [0.717, 1.165) is 16.7 Å². The standard InChI is InChI=1S/C19H19F2N3O/c1-12-7-16(10-23(3)19(12)25)17-9-22-24(11-17)13(2)14-5-4-6-15(8-14)18(20)21/h4-11,13,18H,1-3H3. The van der Waals surface area contributed by atoms with Gasteiger partial charge in [0.15, 0.2) is 0 Å². The minimum atomic E-state index is -2.49. The van der Waals surface area contributed by atoms with Crippen LogP contribution in [0.3, 0.4) is 0 Å². The summed E-state index contributed by atoms with van der Waals surface area (Å²) in [6.45, 7) is 3.68. The maximum atomic E-state index is 12.9. The zero-order valence-electron chi connectivity index (χ0n) is 14.3. The van der Waals surface area contributed by atoms with Crippen molar-refractivity contribution in [2.24, 2.45) is 7.05 Å². The average molecular weight is 343 g/mol. The molecule has 1 unspecified atom stereocenters. The first-order valence-electron chi connectivity index (χ1n) is 7.96. The molecule has 0 radical (unpaired) electrons. The topological polar surface area (TPSA) is 39.8 Å². The Morgan fingerprint density at radius 3 is 2.48 bits per heavy atom. The molecular weight excluding hydrogens is 324 g/mol. The van der Waals surface area contributed by atoms with Crippen LogP contribution in [0.1, 0.15) is 36.1 Å². The fourth-order valence-corrected chi connectivity index (χ4v) is 2.84. The van der Waals surface area contributed by atoms with Crippen molar-refractivity contribution >= 4 is 0 Å². The molecule has 0 spiro atoms. The first kappa shape index (κ1) is 17.1. The van der Waals surface area contributed by atoms with E-state index in [1.807, 2.05) is 25.3 Å². The first-order chi connectivity index (χ1) is 11.9. The van der Waals surface area contributed by atoms with E-state index in [1.165, 1.54) is 16.7 Å². The van der Waals surface area contributed by atoms with Gasteiger partial charge in [-0.25, -0.2) is 8.78 Å². The largest absolute Gasteiger partial charge is 0.318 e. The smallest absolute Gasteiger partial charge is 0.263 e. The summed E-state index contributed by atoms with van der Waals surface area (Å²) in [5.74, 6) is 0. The molecule has 6 heteroatoms. The maximum Gasteiger partial charge on any atom is 0.263 e. The van der Waals surface area contributed by atoms with Crippen LogP contribution in [0.25, 0.3) is 11.1 Å². The molecule has 0 fully saturated rings. The van der Waals surface area contributed by atoms with Crippen LogP contribution in [-0.2, 0) is 7.05 Å². The Labute approximate surface area is 144 Å². The molecule has 0 saturated carbocycles. The number of benzene rings is 1. The second-order valence-corrected chi connectivity index (χ2v) is 6.18. The Morgan fingerprint density at radius 2 is 1.80 bits per heavy atom. The highest BCUT2D eigenvalue weighted by molar-refractivity contribution is 5.61. The SMILES string of the molecule is Cc1cc(-c2cnn(C(C)c3cccc(C(F)F)c3)c2)cn(C)c1=O. The van der Waals surface area contributed by atoms with Crippen LogP contribution in [0.5, 0.6) is 0 Å². The number of aryl methyl sites for hydroxylation is 2. The molecule has 2 heterocycles. The van der Waals surface area contributed by atoms with Gasteiger partial charge in [-0.1, -0.05) is 18.2 Å². The van der Waals surface area contributed by atoms with Crippen LogP contribution in [0.15, 0.2) is 53.7 Å². The lowest BCUT2D eigenvalue weighted by Crippen LogP contribution is -2.18. The van der Waals surface area contributed by atoms with Crippen LogP contribution in [0.2, 0.25) is 0 Å². The summed E-state index contributed by atoms with van der Waals surface area (Å²) < 4.78 is 29.1. The summed E-state index contributed by atoms with van der Waals surface area (Å²) in [6.07, 6.45) is 2.85. The summed E-state index contributed by atoms with van der Waals surface area (Å²) in [7, 11) is 1.71. The molecular formula is C19H19F2N3O. The Kier molecular flexibility index (Phi) is 4.53. The third-order valence-corrected chi connectivity index (χ3v) is 4.34. The molecule has 0 aliphatic heterocycles. The van der Waals surface area contributed by atoms with Gasteiger partial charge in [0.25, 0.3) is 12.0 Å². The van der Waals surface area contributed by atoms with Gasteiger partial charge in [-0.3, -0.25) is 9.48 Å². The van der Waals surface area contributed by atoms with E-state index in [9.17, 15) is 13.6 Å². The molecule has 130 valence electrons. The molecule has 0 amide bonds. The molecule has 0 bridgehead atoms. The van der Waals surface area contributed by atoms with Crippen molar-refractivity contribution < 1.29 is 8.78 Å². The van der Waals surface area contributed by atoms with Crippen LogP contribution in [0, 0.1) is 6.92 Å². The highest BCUT2D eigenvalue weighted by Gasteiger charge is 2.14. The number of nitrogens with zero attached hydrogens (tertiary/aromatic N) is 3. The molecule has 4 nitrogen and oxygen atoms in total. The van der Waals surface area contributed by atoms with Crippen molar-refractivity contribution in [2.75, 3.05) is 0 Å². The van der Waals surface area contributed by atoms with E-state index >= 15 is 0 Å². The first-order valence-corrected chi connectivity index (χ1v) is 7.96. The van der Waals surface area contributed by atoms with E-state index in [2.05, 4.69) is 5.10 Å². The van der Waals surface area contributed by atoms with Crippen LogP contribution in [0.4, 0.5) is 8.78 Å². The average Bonchev–Trinajstić information content (AvgIpc) is 3.08. The second kappa shape index (κ2) is 6.63. The van der Waals surface area contributed by atoms with Crippen molar-refractivity contribution in [1.29, 1.82) is 0 Å². The lowest BCUT2D eigenvalue weighted by atomic mass is 10.1. The van der Waals surface area contributed by atoms with Gasteiger partial charge in [0.2, 0.25) is 0 Å². The van der Waals surface area contributed by atoms with Gasteiger partial charge < -0.3 is 4.57 Å². The van der Waals surface area contributed by atoms with Crippen molar-refractivity contribution in [3.63, 3.8) is 0 Å². The van der Waals surface area contributed by atoms with Crippen molar-refractivity contribution in [3.8, 4) is 11.1 Å². The van der Waals surface area contributed by atoms with Crippen LogP contribution < -0.4 is 5.56 Å². The van der Waals surface area contributed by atoms with E-state index < -0.39 is 6.43 Å². The molecule has 2 aromatic heterocycles. The van der Waals surface area contributed by atoms with Crippen molar-refractivity contribution in [1.82, 2.24) is 14.3 Å². The van der Waals surface area contributed by atoms with Crippen molar-refractivity contribution in [3.05, 3.63) is 76.0 Å². The van der Waals surface area contributed by atoms with E-state index in [-0.39, 0.29) is 17.2 Å². The number of alkyl halides is 2. The fraction of sp³-hybridized carbons (Fsp3) is 0.263. The predicted molar refractivity (Wildman–Crippen MR) is 92.9 cm³/mol. The summed E-state index contributed by atoms with van der Waals surface area (Å²) in [5, 5.41) is 4.37. The highest BCUT2D eigenvalue weighted by atomic mass is 19.3. The zero-order chi connectivity index (χ0) is 18.1. The summed E-state index contributed by atoms with van der Waals surface area (Å²) >= 11 is 0. The van der Waals surface area contributed by atoms with E-state index in [1.54, 1.807) is 37.1 Å². The summed E-state index contributed by atoms with van der Waals surface area (Å²) in [6, 6.07) is 8.02. The minimum Gasteiger partial charge on any atom is -0.318 e. The predicted octanol–water partition coefficient (Wildman–Crippen LogP) is 4.10. The van der Waals surface area contributed by atoms with Gasteiger partial charge in [-0.15, -0.1) is 0 Å². The van der Waals surface area contributed by atoms with Gasteiger partial charge in [0.1, 0.15) is 0 Å². The van der Waals surface area contributed by atoms with Crippen LogP contribution in [-0.4, -0.2) is 14.3 Å². The van der Waals surface area contributed by atoms with Crippen molar-refractivity contribution in [2.45, 2.75) is 26.3 Å². The normalized spacial score (nSPS) is 12.6. The van der Waals surface area contributed by atoms with E-state index in [4.69, 9.17) is 0 Å². The maximum absolute atomic E-state index is 12.9. The number of hydrogen-bond donors (Lipinski definition) is 0. The van der Waals surface area contributed by atoms with Crippen LogP contribution >= 0.6 is 0 Å². The lowest BCUT2D eigenvalue weighted by Gasteiger charge is -2.14. The molecule has 1 atom stereocenters. The third-order valence-electron chi connectivity index (χ3n) is 4.34. The molecule has 1 aromatic carbocycles. The van der Waals surface area contributed by atoms with Gasteiger partial charge in [-0.05, 0) is 31.5 Å². The highest BCUT2D eigenvalue weighted by Crippen LogP contribution is 2.26. The minimum absolute atomic E-state index is 0.00501. The Hall–Kier alpha value is -2.76. The number of hydrogen-bond acceptors (Lipinski definition) is 2. The number of rotatable bonds is 4. The Morgan fingerprint density at radius 1 is 1.08 bits per heavy atom. The van der Waals surface area contributed by atoms with Gasteiger partial charge in [-0.2, -0.15) is 5.10 Å². The molecule has 0 N–H and O–H groups in total. The van der Waals surface area contributed by atoms with E-state index in [0.29, 0.717) is 5.56 Å². The lowest BCUT2D eigenvalue weighted by molar-refractivity contribution is 0.151. The molecule has 0 aliphatic carbocycles. The molecule has 25 heavy (non-hydrogen) atoms. The molecule has 3 rings (SSSR count). The quantitative estimate of drug-likeness (QED) is 0.715. The summed E-state index contributed by atoms with van der Waals surface area (Å²) in [4.78, 5) is 11.8. The Bertz CT molecular complexity index is 933. The zero-order valence-corrected chi connectivity index (χ0v) is 14.3. The number of aromatic nitrogens is 3.